The molecule has 156 valence electrons. The first-order valence-corrected chi connectivity index (χ1v) is 10.2. The molecule has 1 aliphatic rings. The van der Waals surface area contributed by atoms with Gasteiger partial charge in [0, 0.05) is 17.8 Å². The lowest BCUT2D eigenvalue weighted by molar-refractivity contribution is 0.0949. The van der Waals surface area contributed by atoms with Gasteiger partial charge in [-0.05, 0) is 43.2 Å². The molecule has 1 aliphatic carbocycles. The highest BCUT2D eigenvalue weighted by atomic mass is 16.5. The van der Waals surface area contributed by atoms with Crippen LogP contribution in [0.3, 0.4) is 0 Å². The zero-order chi connectivity index (χ0) is 20.9. The van der Waals surface area contributed by atoms with Gasteiger partial charge in [0.15, 0.2) is 0 Å². The number of carbonyl (C=O) groups is 1. The van der Waals surface area contributed by atoms with E-state index >= 15 is 0 Å². The van der Waals surface area contributed by atoms with E-state index in [0.717, 1.165) is 29.9 Å². The van der Waals surface area contributed by atoms with Crippen molar-refractivity contribution in [3.05, 3.63) is 59.9 Å². The smallest absolute Gasteiger partial charge is 0.251 e. The van der Waals surface area contributed by atoms with Crippen LogP contribution in [0.1, 0.15) is 47.8 Å². The van der Waals surface area contributed by atoms with Gasteiger partial charge in [-0.15, -0.1) is 0 Å². The lowest BCUT2D eigenvalue weighted by Gasteiger charge is -2.13. The number of nitrogens with zero attached hydrogens (tertiary/aromatic N) is 3. The number of methoxy groups -OCH3 is 2. The normalized spacial score (nSPS) is 13.9. The third-order valence-electron chi connectivity index (χ3n) is 5.43. The van der Waals surface area contributed by atoms with E-state index in [1.807, 2.05) is 24.3 Å². The first-order chi connectivity index (χ1) is 14.7. The van der Waals surface area contributed by atoms with Crippen molar-refractivity contribution in [3.63, 3.8) is 0 Å². The highest BCUT2D eigenvalue weighted by Gasteiger charge is 2.22. The molecule has 1 N–H and O–H groups in total. The van der Waals surface area contributed by atoms with Crippen molar-refractivity contribution in [2.45, 2.75) is 38.3 Å². The summed E-state index contributed by atoms with van der Waals surface area (Å²) in [5.41, 5.74) is 3.18. The molecule has 0 saturated heterocycles. The Morgan fingerprint density at radius 1 is 1.10 bits per heavy atom. The monoisotopic (exact) mass is 406 g/mol. The van der Waals surface area contributed by atoms with Crippen LogP contribution < -0.4 is 14.8 Å². The quantitative estimate of drug-likeness (QED) is 0.641. The molecular formula is C23H26N4O3. The molecule has 0 radical (unpaired) electrons. The second-order valence-corrected chi connectivity index (χ2v) is 7.40. The fourth-order valence-corrected chi connectivity index (χ4v) is 3.88. The average Bonchev–Trinajstić information content (AvgIpc) is 3.47. The number of carbonyl (C=O) groups excluding carboxylic acids is 1. The summed E-state index contributed by atoms with van der Waals surface area (Å²) in [5.74, 6) is 0.937. The predicted octanol–water partition coefficient (Wildman–Crippen LogP) is 4.01. The Morgan fingerprint density at radius 2 is 1.83 bits per heavy atom. The Hall–Kier alpha value is -3.35. The summed E-state index contributed by atoms with van der Waals surface area (Å²) < 4.78 is 12.6. The molecule has 1 aromatic carbocycles. The number of rotatable bonds is 7. The van der Waals surface area contributed by atoms with Gasteiger partial charge in [0.05, 0.1) is 43.9 Å². The van der Waals surface area contributed by atoms with Gasteiger partial charge in [-0.2, -0.15) is 5.10 Å². The van der Waals surface area contributed by atoms with E-state index in [4.69, 9.17) is 14.6 Å². The summed E-state index contributed by atoms with van der Waals surface area (Å²) >= 11 is 0. The summed E-state index contributed by atoms with van der Waals surface area (Å²) in [6, 6.07) is 13.4. The van der Waals surface area contributed by atoms with Crippen molar-refractivity contribution >= 4 is 5.91 Å². The maximum absolute atomic E-state index is 12.7. The number of hydrogen-bond donors (Lipinski definition) is 1. The van der Waals surface area contributed by atoms with Gasteiger partial charge in [0.2, 0.25) is 0 Å². The second kappa shape index (κ2) is 8.98. The fourth-order valence-electron chi connectivity index (χ4n) is 3.88. The van der Waals surface area contributed by atoms with Crippen LogP contribution in [0, 0.1) is 0 Å². The van der Waals surface area contributed by atoms with Crippen LogP contribution in [0.15, 0.2) is 48.7 Å². The molecule has 0 aliphatic heterocycles. The first kappa shape index (κ1) is 19.9. The van der Waals surface area contributed by atoms with E-state index in [-0.39, 0.29) is 5.91 Å². The molecule has 0 bridgehead atoms. The van der Waals surface area contributed by atoms with Crippen LogP contribution in [-0.4, -0.2) is 34.9 Å². The molecule has 1 saturated carbocycles. The SMILES string of the molecule is COc1cc(OC)cc(C(=O)NCc2cc(-c3ccccn3)n(C3CCCC3)n2)c1. The third-order valence-corrected chi connectivity index (χ3v) is 5.43. The van der Waals surface area contributed by atoms with E-state index in [9.17, 15) is 4.79 Å². The maximum atomic E-state index is 12.7. The summed E-state index contributed by atoms with van der Waals surface area (Å²) in [6.45, 7) is 0.331. The molecule has 3 aromatic rings. The van der Waals surface area contributed by atoms with E-state index in [1.54, 1.807) is 38.6 Å². The molecule has 2 aromatic heterocycles. The predicted molar refractivity (Wildman–Crippen MR) is 114 cm³/mol. The number of benzene rings is 1. The lowest BCUT2D eigenvalue weighted by atomic mass is 10.2. The van der Waals surface area contributed by atoms with E-state index in [0.29, 0.717) is 29.6 Å². The average molecular weight is 406 g/mol. The number of nitrogens with one attached hydrogen (secondary N) is 1. The molecule has 7 nitrogen and oxygen atoms in total. The minimum Gasteiger partial charge on any atom is -0.497 e. The molecule has 1 amide bonds. The van der Waals surface area contributed by atoms with Gasteiger partial charge in [0.25, 0.3) is 5.91 Å². The molecule has 2 heterocycles. The Bertz CT molecular complexity index is 988. The number of pyridine rings is 1. The van der Waals surface area contributed by atoms with Crippen molar-refractivity contribution in [3.8, 4) is 22.9 Å². The standard InChI is InChI=1S/C23H26N4O3/c1-29-19-11-16(12-20(14-19)30-2)23(28)25-15-17-13-22(21-9-5-6-10-24-21)27(26-17)18-7-3-4-8-18/h5-6,9-14,18H,3-4,7-8,15H2,1-2H3,(H,25,28). The van der Waals surface area contributed by atoms with E-state index in [1.165, 1.54) is 12.8 Å². The van der Waals surface area contributed by atoms with Crippen LogP contribution >= 0.6 is 0 Å². The Kier molecular flexibility index (Phi) is 5.97. The van der Waals surface area contributed by atoms with Gasteiger partial charge in [-0.25, -0.2) is 0 Å². The zero-order valence-corrected chi connectivity index (χ0v) is 17.3. The summed E-state index contributed by atoms with van der Waals surface area (Å²) in [7, 11) is 3.12. The number of aromatic nitrogens is 3. The maximum Gasteiger partial charge on any atom is 0.251 e. The van der Waals surface area contributed by atoms with Crippen LogP contribution in [0.5, 0.6) is 11.5 Å². The van der Waals surface area contributed by atoms with E-state index in [2.05, 4.69) is 15.0 Å². The van der Waals surface area contributed by atoms with Crippen LogP contribution in [0.25, 0.3) is 11.4 Å². The van der Waals surface area contributed by atoms with E-state index < -0.39 is 0 Å². The minimum absolute atomic E-state index is 0.206. The van der Waals surface area contributed by atoms with Gasteiger partial charge in [-0.1, -0.05) is 18.9 Å². The summed E-state index contributed by atoms with van der Waals surface area (Å²) in [4.78, 5) is 17.2. The number of hydrogen-bond acceptors (Lipinski definition) is 5. The molecule has 0 unspecified atom stereocenters. The summed E-state index contributed by atoms with van der Waals surface area (Å²) in [5, 5.41) is 7.77. The Morgan fingerprint density at radius 3 is 2.47 bits per heavy atom. The van der Waals surface area contributed by atoms with Gasteiger partial charge in [0.1, 0.15) is 11.5 Å². The van der Waals surface area contributed by atoms with Crippen molar-refractivity contribution in [2.24, 2.45) is 0 Å². The molecule has 7 heteroatoms. The van der Waals surface area contributed by atoms with Crippen molar-refractivity contribution < 1.29 is 14.3 Å². The molecule has 1 fully saturated rings. The zero-order valence-electron chi connectivity index (χ0n) is 17.3. The van der Waals surface area contributed by atoms with Gasteiger partial charge in [-0.3, -0.25) is 14.5 Å². The van der Waals surface area contributed by atoms with Crippen molar-refractivity contribution in [1.82, 2.24) is 20.1 Å². The molecule has 0 atom stereocenters. The van der Waals surface area contributed by atoms with Crippen molar-refractivity contribution in [2.75, 3.05) is 14.2 Å². The highest BCUT2D eigenvalue weighted by Crippen LogP contribution is 2.33. The lowest BCUT2D eigenvalue weighted by Crippen LogP contribution is -2.23. The van der Waals surface area contributed by atoms with Crippen LogP contribution in [0.2, 0.25) is 0 Å². The third kappa shape index (κ3) is 4.30. The number of ether oxygens (including phenoxy) is 2. The largest absolute Gasteiger partial charge is 0.497 e. The molecule has 4 rings (SSSR count). The van der Waals surface area contributed by atoms with Crippen molar-refractivity contribution in [1.29, 1.82) is 0 Å². The van der Waals surface area contributed by atoms with Gasteiger partial charge < -0.3 is 14.8 Å². The van der Waals surface area contributed by atoms with Crippen LogP contribution in [-0.2, 0) is 6.54 Å². The Balaban J connectivity index is 1.54. The number of amides is 1. The topological polar surface area (TPSA) is 78.3 Å². The molecule has 30 heavy (non-hydrogen) atoms. The Labute approximate surface area is 176 Å². The minimum atomic E-state index is -0.206. The summed E-state index contributed by atoms with van der Waals surface area (Å²) in [6.07, 6.45) is 6.47. The van der Waals surface area contributed by atoms with Gasteiger partial charge >= 0.3 is 0 Å². The molecule has 0 spiro atoms. The van der Waals surface area contributed by atoms with Crippen LogP contribution in [0.4, 0.5) is 0 Å². The highest BCUT2D eigenvalue weighted by molar-refractivity contribution is 5.95. The second-order valence-electron chi connectivity index (χ2n) is 7.40. The first-order valence-electron chi connectivity index (χ1n) is 10.2. The fraction of sp³-hybridized carbons (Fsp3) is 0.348. The molecular weight excluding hydrogens is 380 g/mol.